The second-order valence-corrected chi connectivity index (χ2v) is 5.71. The maximum absolute atomic E-state index is 9.25. The van der Waals surface area contributed by atoms with Crippen molar-refractivity contribution in [3.63, 3.8) is 0 Å². The van der Waals surface area contributed by atoms with Crippen molar-refractivity contribution < 1.29 is 14.5 Å². The summed E-state index contributed by atoms with van der Waals surface area (Å²) in [7, 11) is 2.58. The molecule has 21 heavy (non-hydrogen) atoms. The minimum atomic E-state index is -1.60. The lowest BCUT2D eigenvalue weighted by atomic mass is 9.88. The van der Waals surface area contributed by atoms with Gasteiger partial charge in [-0.15, -0.1) is 0 Å². The molecule has 0 unspecified atom stereocenters. The molecule has 1 aliphatic rings. The normalized spacial score (nSPS) is 17.3. The Bertz CT molecular complexity index is 623. The number of nitrogens with zero attached hydrogens (tertiary/aromatic N) is 3. The Morgan fingerprint density at radius 3 is 2.76 bits per heavy atom. The summed E-state index contributed by atoms with van der Waals surface area (Å²) in [4.78, 5) is 8.97. The lowest BCUT2D eigenvalue weighted by Gasteiger charge is -2.35. The number of fused-ring (bicyclic) bond motifs is 1. The van der Waals surface area contributed by atoms with E-state index in [0.29, 0.717) is 11.6 Å². The molecule has 0 atom stereocenters. The van der Waals surface area contributed by atoms with Crippen LogP contribution in [0.1, 0.15) is 12.8 Å². The first-order valence-corrected chi connectivity index (χ1v) is 7.22. The molecule has 0 aliphatic carbocycles. The van der Waals surface area contributed by atoms with Gasteiger partial charge < -0.3 is 24.3 Å². The molecule has 1 saturated heterocycles. The summed E-state index contributed by atoms with van der Waals surface area (Å²) in [6.45, 7) is 2.16. The second kappa shape index (κ2) is 5.67. The smallest absolute Gasteiger partial charge is 0.464 e. The van der Waals surface area contributed by atoms with Crippen LogP contribution in [0.5, 0.6) is 0 Å². The molecule has 6 nitrogen and oxygen atoms in total. The van der Waals surface area contributed by atoms with Gasteiger partial charge in [-0.3, -0.25) is 0 Å². The molecule has 3 heterocycles. The number of pyridine rings is 1. The average Bonchev–Trinajstić information content (AvgIpc) is 2.91. The first-order chi connectivity index (χ1) is 10.1. The zero-order valence-electron chi connectivity index (χ0n) is 12.4. The van der Waals surface area contributed by atoms with E-state index < -0.39 is 7.12 Å². The molecule has 0 radical (unpaired) electrons. The number of piperidine rings is 1. The molecular formula is C14H20BN3O3. The first-order valence-electron chi connectivity index (χ1n) is 7.22. The molecule has 0 bridgehead atoms. The second-order valence-electron chi connectivity index (χ2n) is 5.71. The minimum Gasteiger partial charge on any atom is -0.464 e. The Labute approximate surface area is 124 Å². The summed E-state index contributed by atoms with van der Waals surface area (Å²) in [6.07, 6.45) is 3.89. The van der Waals surface area contributed by atoms with Gasteiger partial charge in [0.1, 0.15) is 17.1 Å². The summed E-state index contributed by atoms with van der Waals surface area (Å²) >= 11 is 0. The average molecular weight is 289 g/mol. The Hall–Kier alpha value is -1.57. The predicted octanol–water partition coefficient (Wildman–Crippen LogP) is 0.0380. The predicted molar refractivity (Wildman–Crippen MR) is 82.8 cm³/mol. The van der Waals surface area contributed by atoms with Gasteiger partial charge in [0.25, 0.3) is 0 Å². The minimum absolute atomic E-state index is 0.149. The third-order valence-corrected chi connectivity index (χ3v) is 4.27. The van der Waals surface area contributed by atoms with E-state index in [4.69, 9.17) is 4.42 Å². The van der Waals surface area contributed by atoms with E-state index >= 15 is 0 Å². The fraction of sp³-hybridized carbons (Fsp3) is 0.500. The maximum atomic E-state index is 9.25. The highest BCUT2D eigenvalue weighted by Crippen LogP contribution is 2.27. The Morgan fingerprint density at radius 1 is 1.38 bits per heavy atom. The van der Waals surface area contributed by atoms with E-state index in [1.165, 1.54) is 0 Å². The van der Waals surface area contributed by atoms with Crippen molar-refractivity contribution in [1.29, 1.82) is 0 Å². The van der Waals surface area contributed by atoms with Crippen LogP contribution in [-0.2, 0) is 0 Å². The van der Waals surface area contributed by atoms with Gasteiger partial charge in [-0.25, -0.2) is 4.98 Å². The zero-order chi connectivity index (χ0) is 15.0. The van der Waals surface area contributed by atoms with Crippen LogP contribution in [-0.4, -0.2) is 60.3 Å². The first kappa shape index (κ1) is 14.4. The van der Waals surface area contributed by atoms with E-state index in [1.54, 1.807) is 18.3 Å². The topological polar surface area (TPSA) is 73.0 Å². The Morgan fingerprint density at radius 2 is 2.10 bits per heavy atom. The van der Waals surface area contributed by atoms with Crippen LogP contribution >= 0.6 is 0 Å². The zero-order valence-corrected chi connectivity index (χ0v) is 12.4. The van der Waals surface area contributed by atoms with Gasteiger partial charge in [-0.1, -0.05) is 0 Å². The van der Waals surface area contributed by atoms with Crippen molar-refractivity contribution in [3.05, 3.63) is 18.3 Å². The molecule has 0 amide bonds. The van der Waals surface area contributed by atoms with E-state index in [2.05, 4.69) is 21.8 Å². The molecule has 0 spiro atoms. The van der Waals surface area contributed by atoms with Gasteiger partial charge in [-0.05, 0) is 45.1 Å². The number of rotatable bonds is 3. The fourth-order valence-electron chi connectivity index (χ4n) is 2.93. The standard InChI is InChI=1S/C14H20BN3O3/c1-17-7-4-10(5-8-17)18(2)14-11-9-13(15(19)20)21-12(11)3-6-16-14/h3,6,9-10,19-20H,4-5,7-8H2,1-2H3. The fourth-order valence-corrected chi connectivity index (χ4v) is 2.93. The van der Waals surface area contributed by atoms with E-state index in [-0.39, 0.29) is 5.66 Å². The van der Waals surface area contributed by atoms with Crippen LogP contribution in [0, 0.1) is 0 Å². The van der Waals surface area contributed by atoms with Crippen molar-refractivity contribution in [1.82, 2.24) is 9.88 Å². The Kier molecular flexibility index (Phi) is 3.88. The molecule has 112 valence electrons. The molecule has 3 rings (SSSR count). The van der Waals surface area contributed by atoms with Crippen molar-refractivity contribution in [2.75, 3.05) is 32.1 Å². The van der Waals surface area contributed by atoms with E-state index in [9.17, 15) is 10.0 Å². The number of hydrogen-bond donors (Lipinski definition) is 2. The molecule has 1 aliphatic heterocycles. The van der Waals surface area contributed by atoms with Crippen molar-refractivity contribution in [3.8, 4) is 0 Å². The summed E-state index contributed by atoms with van der Waals surface area (Å²) in [5, 5.41) is 19.3. The van der Waals surface area contributed by atoms with Gasteiger partial charge in [0, 0.05) is 19.3 Å². The highest BCUT2D eigenvalue weighted by molar-refractivity contribution is 6.57. The molecule has 2 aromatic rings. The number of anilines is 1. The highest BCUT2D eigenvalue weighted by Gasteiger charge is 2.25. The third kappa shape index (κ3) is 2.77. The monoisotopic (exact) mass is 289 g/mol. The number of likely N-dealkylation sites (tertiary alicyclic amines) is 1. The lowest BCUT2D eigenvalue weighted by Crippen LogP contribution is -2.42. The summed E-state index contributed by atoms with van der Waals surface area (Å²) in [5.41, 5.74) is 0.777. The maximum Gasteiger partial charge on any atom is 0.526 e. The van der Waals surface area contributed by atoms with Crippen molar-refractivity contribution in [2.45, 2.75) is 18.9 Å². The highest BCUT2D eigenvalue weighted by atomic mass is 16.4. The van der Waals surface area contributed by atoms with Gasteiger partial charge in [0.15, 0.2) is 0 Å². The van der Waals surface area contributed by atoms with Crippen LogP contribution < -0.4 is 10.6 Å². The number of aromatic nitrogens is 1. The summed E-state index contributed by atoms with van der Waals surface area (Å²) in [5.74, 6) is 0.831. The van der Waals surface area contributed by atoms with Gasteiger partial charge in [-0.2, -0.15) is 0 Å². The molecule has 2 N–H and O–H groups in total. The Balaban J connectivity index is 1.92. The van der Waals surface area contributed by atoms with Gasteiger partial charge in [0.2, 0.25) is 0 Å². The van der Waals surface area contributed by atoms with Crippen molar-refractivity contribution in [2.24, 2.45) is 0 Å². The van der Waals surface area contributed by atoms with E-state index in [1.807, 2.05) is 7.05 Å². The summed E-state index contributed by atoms with van der Waals surface area (Å²) in [6, 6.07) is 3.85. The summed E-state index contributed by atoms with van der Waals surface area (Å²) < 4.78 is 5.45. The van der Waals surface area contributed by atoms with Crippen LogP contribution in [0.25, 0.3) is 11.0 Å². The van der Waals surface area contributed by atoms with Crippen LogP contribution in [0.4, 0.5) is 5.82 Å². The quantitative estimate of drug-likeness (QED) is 0.777. The number of furan rings is 1. The van der Waals surface area contributed by atoms with Crippen LogP contribution in [0.2, 0.25) is 0 Å². The molecule has 2 aromatic heterocycles. The lowest BCUT2D eigenvalue weighted by molar-refractivity contribution is 0.252. The number of hydrogen-bond acceptors (Lipinski definition) is 6. The SMILES string of the molecule is CN1CCC(N(C)c2nccc3oc(B(O)O)cc23)CC1. The van der Waals surface area contributed by atoms with Gasteiger partial charge in [0.05, 0.1) is 5.39 Å². The van der Waals surface area contributed by atoms with Crippen LogP contribution in [0.3, 0.4) is 0 Å². The third-order valence-electron chi connectivity index (χ3n) is 4.27. The molecule has 1 fully saturated rings. The van der Waals surface area contributed by atoms with Crippen LogP contribution in [0.15, 0.2) is 22.7 Å². The van der Waals surface area contributed by atoms with E-state index in [0.717, 1.165) is 37.1 Å². The van der Waals surface area contributed by atoms with Gasteiger partial charge >= 0.3 is 7.12 Å². The largest absolute Gasteiger partial charge is 0.526 e. The molecule has 0 aromatic carbocycles. The van der Waals surface area contributed by atoms with Crippen molar-refractivity contribution >= 4 is 29.6 Å². The molecule has 0 saturated carbocycles. The molecule has 7 heteroatoms. The molecular weight excluding hydrogens is 269 g/mol.